The molecule has 98 valence electrons. The maximum Gasteiger partial charge on any atom is 0.226 e. The molecular weight excluding hydrogens is 216 g/mol. The number of piperidine rings is 2. The van der Waals surface area contributed by atoms with Crippen LogP contribution < -0.4 is 5.32 Å². The first kappa shape index (κ1) is 12.8. The van der Waals surface area contributed by atoms with Crippen molar-refractivity contribution in [1.82, 2.24) is 10.2 Å². The summed E-state index contributed by atoms with van der Waals surface area (Å²) in [6, 6.07) is 0. The van der Waals surface area contributed by atoms with Crippen molar-refractivity contribution in [3.63, 3.8) is 0 Å². The molecule has 1 unspecified atom stereocenters. The van der Waals surface area contributed by atoms with Gasteiger partial charge in [-0.15, -0.1) is 0 Å². The van der Waals surface area contributed by atoms with Crippen molar-refractivity contribution in [3.05, 3.63) is 0 Å². The van der Waals surface area contributed by atoms with Gasteiger partial charge in [0.1, 0.15) is 0 Å². The van der Waals surface area contributed by atoms with Gasteiger partial charge in [-0.25, -0.2) is 0 Å². The highest BCUT2D eigenvalue weighted by Gasteiger charge is 2.30. The second-order valence-corrected chi connectivity index (χ2v) is 5.45. The van der Waals surface area contributed by atoms with E-state index in [0.717, 1.165) is 51.9 Å². The van der Waals surface area contributed by atoms with Gasteiger partial charge in [-0.1, -0.05) is 0 Å². The molecule has 0 aromatic heterocycles. The number of hydrogen-bond acceptors (Lipinski definition) is 3. The summed E-state index contributed by atoms with van der Waals surface area (Å²) in [6.07, 6.45) is 3.80. The fourth-order valence-corrected chi connectivity index (χ4v) is 2.92. The lowest BCUT2D eigenvalue weighted by Crippen LogP contribution is -2.47. The van der Waals surface area contributed by atoms with Gasteiger partial charge in [-0.2, -0.15) is 0 Å². The molecule has 0 bridgehead atoms. The third-order valence-corrected chi connectivity index (χ3v) is 4.18. The predicted molar refractivity (Wildman–Crippen MR) is 66.6 cm³/mol. The van der Waals surface area contributed by atoms with Crippen molar-refractivity contribution in [1.29, 1.82) is 0 Å². The molecular formula is C13H24N2O2. The van der Waals surface area contributed by atoms with Crippen LogP contribution in [0.25, 0.3) is 0 Å². The maximum atomic E-state index is 12.3. The Balaban J connectivity index is 1.81. The van der Waals surface area contributed by atoms with Crippen LogP contribution in [-0.4, -0.2) is 48.2 Å². The van der Waals surface area contributed by atoms with E-state index in [-0.39, 0.29) is 12.0 Å². The first-order valence-corrected chi connectivity index (χ1v) is 6.86. The van der Waals surface area contributed by atoms with Crippen LogP contribution >= 0.6 is 0 Å². The Labute approximate surface area is 103 Å². The highest BCUT2D eigenvalue weighted by Crippen LogP contribution is 2.23. The minimum absolute atomic E-state index is 0.187. The van der Waals surface area contributed by atoms with E-state index in [4.69, 9.17) is 0 Å². The number of likely N-dealkylation sites (tertiary alicyclic amines) is 1. The molecule has 2 aliphatic rings. The third-order valence-electron chi connectivity index (χ3n) is 4.18. The Bertz CT molecular complexity index is 254. The number of aliphatic hydroxyl groups excluding tert-OH is 1. The van der Waals surface area contributed by atoms with Crippen LogP contribution in [0.3, 0.4) is 0 Å². The molecule has 2 heterocycles. The van der Waals surface area contributed by atoms with Gasteiger partial charge < -0.3 is 15.3 Å². The van der Waals surface area contributed by atoms with E-state index in [1.54, 1.807) is 0 Å². The van der Waals surface area contributed by atoms with Gasteiger partial charge in [-0.05, 0) is 45.1 Å². The highest BCUT2D eigenvalue weighted by atomic mass is 16.3. The number of carbonyl (C=O) groups excluding carboxylic acids is 1. The summed E-state index contributed by atoms with van der Waals surface area (Å²) in [5.74, 6) is 0.886. The smallest absolute Gasteiger partial charge is 0.226 e. The van der Waals surface area contributed by atoms with Crippen LogP contribution in [0.15, 0.2) is 0 Å². The Morgan fingerprint density at radius 2 is 2.06 bits per heavy atom. The molecule has 0 aliphatic carbocycles. The van der Waals surface area contributed by atoms with Gasteiger partial charge in [0.15, 0.2) is 0 Å². The molecule has 4 heteroatoms. The Kier molecular flexibility index (Phi) is 4.40. The predicted octanol–water partition coefficient (Wildman–Crippen LogP) is 0.605. The van der Waals surface area contributed by atoms with Crippen molar-refractivity contribution >= 4 is 5.91 Å². The van der Waals surface area contributed by atoms with Crippen molar-refractivity contribution in [2.45, 2.75) is 38.7 Å². The van der Waals surface area contributed by atoms with Crippen LogP contribution in [0.4, 0.5) is 0 Å². The molecule has 2 fully saturated rings. The fraction of sp³-hybridized carbons (Fsp3) is 0.923. The molecule has 2 N–H and O–H groups in total. The van der Waals surface area contributed by atoms with Gasteiger partial charge in [0.05, 0.1) is 12.0 Å². The zero-order chi connectivity index (χ0) is 12.3. The molecule has 2 atom stereocenters. The van der Waals surface area contributed by atoms with Crippen LogP contribution in [0.5, 0.6) is 0 Å². The van der Waals surface area contributed by atoms with E-state index in [1.807, 2.05) is 11.8 Å². The summed E-state index contributed by atoms with van der Waals surface area (Å²) in [5.41, 5.74) is 0. The number of carbonyl (C=O) groups is 1. The number of aliphatic hydroxyl groups is 1. The summed E-state index contributed by atoms with van der Waals surface area (Å²) >= 11 is 0. The molecule has 17 heavy (non-hydrogen) atoms. The van der Waals surface area contributed by atoms with Gasteiger partial charge >= 0.3 is 0 Å². The molecule has 0 aromatic carbocycles. The standard InChI is InChI=1S/C13H24N2O2/c1-10(16)11-4-7-15(8-5-11)13(17)12-3-2-6-14-9-12/h10-12,14,16H,2-9H2,1H3/t10?,12-/m0/s1. The number of amides is 1. The second kappa shape index (κ2) is 5.83. The number of nitrogens with zero attached hydrogens (tertiary/aromatic N) is 1. The molecule has 2 saturated heterocycles. The average Bonchev–Trinajstić information content (AvgIpc) is 2.39. The molecule has 2 rings (SSSR count). The monoisotopic (exact) mass is 240 g/mol. The van der Waals surface area contributed by atoms with Crippen molar-refractivity contribution in [2.24, 2.45) is 11.8 Å². The molecule has 0 spiro atoms. The molecule has 0 radical (unpaired) electrons. The van der Waals surface area contributed by atoms with E-state index >= 15 is 0 Å². The Morgan fingerprint density at radius 3 is 2.59 bits per heavy atom. The quantitative estimate of drug-likeness (QED) is 0.743. The van der Waals surface area contributed by atoms with Gasteiger partial charge in [0, 0.05) is 19.6 Å². The van der Waals surface area contributed by atoms with Gasteiger partial charge in [-0.3, -0.25) is 4.79 Å². The molecule has 0 saturated carbocycles. The van der Waals surface area contributed by atoms with Crippen molar-refractivity contribution in [3.8, 4) is 0 Å². The highest BCUT2D eigenvalue weighted by molar-refractivity contribution is 5.79. The van der Waals surface area contributed by atoms with Gasteiger partial charge in [0.2, 0.25) is 5.91 Å². The topological polar surface area (TPSA) is 52.6 Å². The van der Waals surface area contributed by atoms with E-state index in [2.05, 4.69) is 5.32 Å². The van der Waals surface area contributed by atoms with Crippen LogP contribution in [0, 0.1) is 11.8 Å². The van der Waals surface area contributed by atoms with E-state index < -0.39 is 0 Å². The zero-order valence-corrected chi connectivity index (χ0v) is 10.7. The SMILES string of the molecule is CC(O)C1CCN(C(=O)[C@H]2CCCNC2)CC1. The largest absolute Gasteiger partial charge is 0.393 e. The summed E-state index contributed by atoms with van der Waals surface area (Å²) in [7, 11) is 0. The molecule has 4 nitrogen and oxygen atoms in total. The minimum atomic E-state index is -0.233. The van der Waals surface area contributed by atoms with E-state index in [0.29, 0.717) is 11.8 Å². The lowest BCUT2D eigenvalue weighted by Gasteiger charge is -2.36. The Morgan fingerprint density at radius 1 is 1.35 bits per heavy atom. The lowest BCUT2D eigenvalue weighted by atomic mass is 9.90. The second-order valence-electron chi connectivity index (χ2n) is 5.45. The number of hydrogen-bond donors (Lipinski definition) is 2. The minimum Gasteiger partial charge on any atom is -0.393 e. The molecule has 2 aliphatic heterocycles. The maximum absolute atomic E-state index is 12.3. The third kappa shape index (κ3) is 3.19. The lowest BCUT2D eigenvalue weighted by molar-refractivity contribution is -0.138. The Hall–Kier alpha value is -0.610. The van der Waals surface area contributed by atoms with Crippen LogP contribution in [-0.2, 0) is 4.79 Å². The number of rotatable bonds is 2. The zero-order valence-electron chi connectivity index (χ0n) is 10.7. The van der Waals surface area contributed by atoms with Gasteiger partial charge in [0.25, 0.3) is 0 Å². The summed E-state index contributed by atoms with van der Waals surface area (Å²) < 4.78 is 0. The van der Waals surface area contributed by atoms with Crippen molar-refractivity contribution in [2.75, 3.05) is 26.2 Å². The first-order valence-electron chi connectivity index (χ1n) is 6.86. The van der Waals surface area contributed by atoms with Crippen molar-refractivity contribution < 1.29 is 9.90 Å². The number of nitrogens with one attached hydrogen (secondary N) is 1. The molecule has 0 aromatic rings. The average molecular weight is 240 g/mol. The molecule has 1 amide bonds. The summed E-state index contributed by atoms with van der Waals surface area (Å²) in [4.78, 5) is 14.2. The fourth-order valence-electron chi connectivity index (χ4n) is 2.92. The summed E-state index contributed by atoms with van der Waals surface area (Å²) in [6.45, 7) is 5.39. The summed E-state index contributed by atoms with van der Waals surface area (Å²) in [5, 5.41) is 12.8. The van der Waals surface area contributed by atoms with E-state index in [9.17, 15) is 9.90 Å². The first-order chi connectivity index (χ1) is 8.18. The van der Waals surface area contributed by atoms with Crippen LogP contribution in [0.2, 0.25) is 0 Å². The normalized spacial score (nSPS) is 29.1. The van der Waals surface area contributed by atoms with Crippen LogP contribution in [0.1, 0.15) is 32.6 Å². The van der Waals surface area contributed by atoms with E-state index in [1.165, 1.54) is 0 Å².